The maximum Gasteiger partial charge on any atom is 0.226 e. The first-order valence-electron chi connectivity index (χ1n) is 13.7. The maximum atomic E-state index is 13.2. The molecule has 1 aliphatic heterocycles. The second-order valence-electron chi connectivity index (χ2n) is 10.4. The number of benzene rings is 3. The number of hydrogen-bond donors (Lipinski definition) is 2. The van der Waals surface area contributed by atoms with Gasteiger partial charge in [0.15, 0.2) is 5.11 Å². The smallest absolute Gasteiger partial charge is 0.226 e. The summed E-state index contributed by atoms with van der Waals surface area (Å²) < 4.78 is 2.12. The van der Waals surface area contributed by atoms with Crippen LogP contribution in [0.4, 0.5) is 5.69 Å². The van der Waals surface area contributed by atoms with Crippen molar-refractivity contribution in [1.82, 2.24) is 19.8 Å². The van der Waals surface area contributed by atoms with E-state index in [0.717, 1.165) is 44.8 Å². The summed E-state index contributed by atoms with van der Waals surface area (Å²) in [5.41, 5.74) is 5.58. The average Bonchev–Trinajstić information content (AvgIpc) is 3.48. The Morgan fingerprint density at radius 1 is 1.00 bits per heavy atom. The number of aryl methyl sites for hydroxylation is 1. The summed E-state index contributed by atoms with van der Waals surface area (Å²) in [5.74, 6) is -0.0784. The second-order valence-corrected chi connectivity index (χ2v) is 11.6. The van der Waals surface area contributed by atoms with E-state index in [1.54, 1.807) is 12.3 Å². The van der Waals surface area contributed by atoms with Crippen LogP contribution in [0, 0.1) is 13.8 Å². The highest BCUT2D eigenvalue weighted by Gasteiger charge is 2.41. The quantitative estimate of drug-likeness (QED) is 0.182. The fourth-order valence-electron chi connectivity index (χ4n) is 5.88. The van der Waals surface area contributed by atoms with E-state index in [0.29, 0.717) is 21.7 Å². The van der Waals surface area contributed by atoms with Gasteiger partial charge in [-0.15, -0.1) is 0 Å². The third kappa shape index (κ3) is 5.24. The van der Waals surface area contributed by atoms with E-state index in [9.17, 15) is 4.79 Å². The fraction of sp³-hybridized carbons (Fsp3) is 0.182. The molecule has 1 saturated heterocycles. The average molecular weight is 615 g/mol. The van der Waals surface area contributed by atoms with Gasteiger partial charge >= 0.3 is 0 Å². The standard InChI is InChI=1S/C33H29Cl2N5OS/c1-20-19-24(21(2)40(20)28-15-8-12-25(34)30(28)35)32-31(27-13-5-6-17-36-27)38-33(42)39(32)18-16-29(41)37-26-14-7-10-22-9-3-4-11-23(22)26/h3-15,17,19,31-32H,16,18H2,1-2H3,(H,37,41)(H,38,42)/t31-,32+/m1/s1. The highest BCUT2D eigenvalue weighted by Crippen LogP contribution is 2.42. The Morgan fingerprint density at radius 2 is 1.76 bits per heavy atom. The minimum atomic E-state index is -0.205. The molecule has 0 bridgehead atoms. The molecule has 42 heavy (non-hydrogen) atoms. The highest BCUT2D eigenvalue weighted by atomic mass is 35.5. The number of fused-ring (bicyclic) bond motifs is 1. The first kappa shape index (κ1) is 28.2. The third-order valence-corrected chi connectivity index (χ3v) is 8.96. The van der Waals surface area contributed by atoms with E-state index in [4.69, 9.17) is 35.4 Å². The number of amides is 1. The molecule has 2 N–H and O–H groups in total. The second kappa shape index (κ2) is 11.8. The lowest BCUT2D eigenvalue weighted by Crippen LogP contribution is -2.33. The zero-order valence-corrected chi connectivity index (χ0v) is 25.5. The molecule has 6 rings (SSSR count). The monoisotopic (exact) mass is 613 g/mol. The molecule has 0 unspecified atom stereocenters. The van der Waals surface area contributed by atoms with Gasteiger partial charge in [-0.2, -0.15) is 0 Å². The van der Waals surface area contributed by atoms with Crippen molar-refractivity contribution in [3.63, 3.8) is 0 Å². The van der Waals surface area contributed by atoms with E-state index in [-0.39, 0.29) is 24.4 Å². The molecule has 3 heterocycles. The molecule has 9 heteroatoms. The van der Waals surface area contributed by atoms with Crippen molar-refractivity contribution in [2.45, 2.75) is 32.4 Å². The zero-order chi connectivity index (χ0) is 29.4. The SMILES string of the molecule is Cc1cc([C@H]2[C@@H](c3ccccn3)NC(=S)N2CCC(=O)Nc2cccc3ccccc23)c(C)n1-c1cccc(Cl)c1Cl. The Labute approximate surface area is 260 Å². The van der Waals surface area contributed by atoms with Crippen molar-refractivity contribution >= 4 is 62.9 Å². The largest absolute Gasteiger partial charge is 0.352 e. The van der Waals surface area contributed by atoms with Crippen LogP contribution in [0.25, 0.3) is 16.5 Å². The van der Waals surface area contributed by atoms with Gasteiger partial charge in [0.05, 0.1) is 33.5 Å². The highest BCUT2D eigenvalue weighted by molar-refractivity contribution is 7.80. The number of nitrogens with zero attached hydrogens (tertiary/aromatic N) is 3. The summed E-state index contributed by atoms with van der Waals surface area (Å²) in [6.45, 7) is 4.55. The topological polar surface area (TPSA) is 62.2 Å². The van der Waals surface area contributed by atoms with Gasteiger partial charge in [0, 0.05) is 41.6 Å². The third-order valence-electron chi connectivity index (χ3n) is 7.80. The number of thiocarbonyl (C=S) groups is 1. The van der Waals surface area contributed by atoms with E-state index in [1.165, 1.54) is 0 Å². The zero-order valence-electron chi connectivity index (χ0n) is 23.1. The van der Waals surface area contributed by atoms with Gasteiger partial charge in [-0.1, -0.05) is 71.7 Å². The van der Waals surface area contributed by atoms with Crippen LogP contribution in [0.15, 0.2) is 91.1 Å². The summed E-state index contributed by atoms with van der Waals surface area (Å²) >= 11 is 18.9. The van der Waals surface area contributed by atoms with Gasteiger partial charge in [-0.3, -0.25) is 9.78 Å². The Morgan fingerprint density at radius 3 is 2.57 bits per heavy atom. The lowest BCUT2D eigenvalue weighted by Gasteiger charge is -2.28. The van der Waals surface area contributed by atoms with Gasteiger partial charge in [0.25, 0.3) is 0 Å². The molecule has 0 saturated carbocycles. The van der Waals surface area contributed by atoms with Crippen molar-refractivity contribution in [3.05, 3.63) is 124 Å². The van der Waals surface area contributed by atoms with Crippen molar-refractivity contribution in [2.75, 3.05) is 11.9 Å². The lowest BCUT2D eigenvalue weighted by molar-refractivity contribution is -0.116. The number of hydrogen-bond acceptors (Lipinski definition) is 3. The number of carbonyl (C=O) groups excluding carboxylic acids is 1. The summed E-state index contributed by atoms with van der Waals surface area (Å²) in [4.78, 5) is 20.0. The number of rotatable bonds is 7. The van der Waals surface area contributed by atoms with Gasteiger partial charge in [-0.05, 0) is 73.4 Å². The van der Waals surface area contributed by atoms with E-state index in [1.807, 2.05) is 79.7 Å². The predicted octanol–water partition coefficient (Wildman–Crippen LogP) is 7.95. The van der Waals surface area contributed by atoms with Gasteiger partial charge in [0.1, 0.15) is 0 Å². The minimum absolute atomic E-state index is 0.0784. The molecular weight excluding hydrogens is 585 g/mol. The molecule has 0 aliphatic carbocycles. The number of halogens is 2. The van der Waals surface area contributed by atoms with Crippen LogP contribution in [-0.4, -0.2) is 32.0 Å². The van der Waals surface area contributed by atoms with E-state index < -0.39 is 0 Å². The summed E-state index contributed by atoms with van der Waals surface area (Å²) in [5, 5.41) is 10.3. The van der Waals surface area contributed by atoms with Crippen LogP contribution >= 0.6 is 35.4 Å². The maximum absolute atomic E-state index is 13.2. The Bertz CT molecular complexity index is 1800. The van der Waals surface area contributed by atoms with Gasteiger partial charge in [0.2, 0.25) is 5.91 Å². The van der Waals surface area contributed by atoms with Crippen LogP contribution in [-0.2, 0) is 4.79 Å². The number of anilines is 1. The molecule has 3 aromatic carbocycles. The number of aromatic nitrogens is 2. The van der Waals surface area contributed by atoms with E-state index in [2.05, 4.69) is 38.1 Å². The molecule has 0 spiro atoms. The molecule has 1 amide bonds. The lowest BCUT2D eigenvalue weighted by atomic mass is 9.96. The Balaban J connectivity index is 1.33. The molecule has 5 aromatic rings. The predicted molar refractivity (Wildman–Crippen MR) is 175 cm³/mol. The van der Waals surface area contributed by atoms with Gasteiger partial charge < -0.3 is 20.1 Å². The minimum Gasteiger partial charge on any atom is -0.352 e. The molecule has 6 nitrogen and oxygen atoms in total. The summed E-state index contributed by atoms with van der Waals surface area (Å²) in [7, 11) is 0. The van der Waals surface area contributed by atoms with Crippen LogP contribution in [0.1, 0.15) is 41.1 Å². The first-order chi connectivity index (χ1) is 20.3. The van der Waals surface area contributed by atoms with Crippen LogP contribution < -0.4 is 10.6 Å². The summed E-state index contributed by atoms with van der Waals surface area (Å²) in [6.07, 6.45) is 2.04. The fourth-order valence-corrected chi connectivity index (χ4v) is 6.59. The van der Waals surface area contributed by atoms with E-state index >= 15 is 0 Å². The molecule has 2 aromatic heterocycles. The molecular formula is C33H29Cl2N5OS. The van der Waals surface area contributed by atoms with Crippen LogP contribution in [0.3, 0.4) is 0 Å². The first-order valence-corrected chi connectivity index (χ1v) is 14.9. The normalized spacial score (nSPS) is 16.6. The molecule has 0 radical (unpaired) electrons. The van der Waals surface area contributed by atoms with Gasteiger partial charge in [-0.25, -0.2) is 0 Å². The van der Waals surface area contributed by atoms with Crippen molar-refractivity contribution in [1.29, 1.82) is 0 Å². The Hall–Kier alpha value is -3.91. The van der Waals surface area contributed by atoms with Crippen molar-refractivity contribution < 1.29 is 4.79 Å². The number of nitrogens with one attached hydrogen (secondary N) is 2. The summed E-state index contributed by atoms with van der Waals surface area (Å²) in [6, 6.07) is 27.2. The molecule has 1 aliphatic rings. The van der Waals surface area contributed by atoms with Crippen LogP contribution in [0.5, 0.6) is 0 Å². The molecule has 212 valence electrons. The number of pyridine rings is 1. The molecule has 1 fully saturated rings. The van der Waals surface area contributed by atoms with Crippen LogP contribution in [0.2, 0.25) is 10.0 Å². The molecule has 2 atom stereocenters. The number of carbonyl (C=O) groups is 1. The van der Waals surface area contributed by atoms with Crippen molar-refractivity contribution in [2.24, 2.45) is 0 Å². The Kier molecular flexibility index (Phi) is 7.90. The van der Waals surface area contributed by atoms with Crippen molar-refractivity contribution in [3.8, 4) is 5.69 Å².